The van der Waals surface area contributed by atoms with Crippen LogP contribution in [0.2, 0.25) is 0 Å². The van der Waals surface area contributed by atoms with Crippen LogP contribution >= 0.6 is 0 Å². The lowest BCUT2D eigenvalue weighted by molar-refractivity contribution is -0.379. The molecule has 3 fully saturated rings. The highest BCUT2D eigenvalue weighted by atomic mass is 16.8. The van der Waals surface area contributed by atoms with Gasteiger partial charge in [-0.1, -0.05) is 172 Å². The molecule has 0 aromatic rings. The molecular formula is C58H103NO18. The van der Waals surface area contributed by atoms with Crippen molar-refractivity contribution in [2.75, 3.05) is 26.4 Å². The molecule has 3 heterocycles. The normalized spacial score (nSPS) is 31.1. The Morgan fingerprint density at radius 1 is 0.481 bits per heavy atom. The number of nitrogens with one attached hydrogen (secondary N) is 1. The van der Waals surface area contributed by atoms with E-state index in [4.69, 9.17) is 28.4 Å². The minimum Gasteiger partial charge on any atom is -0.394 e. The van der Waals surface area contributed by atoms with Crippen molar-refractivity contribution in [2.24, 2.45) is 0 Å². The van der Waals surface area contributed by atoms with Crippen molar-refractivity contribution in [3.05, 3.63) is 48.6 Å². The van der Waals surface area contributed by atoms with Gasteiger partial charge in [-0.3, -0.25) is 4.79 Å². The van der Waals surface area contributed by atoms with Gasteiger partial charge in [0, 0.05) is 6.42 Å². The van der Waals surface area contributed by atoms with Crippen molar-refractivity contribution >= 4 is 5.91 Å². The average molecular weight is 1100 g/mol. The van der Waals surface area contributed by atoms with E-state index in [9.17, 15) is 61.0 Å². The van der Waals surface area contributed by atoms with Crippen LogP contribution < -0.4 is 5.32 Å². The SMILES string of the molecule is CC/C=C\C/C=C\C/C=C\C/C=C\CCCCCCCCCCCCC(=O)NC(COC1OC(CO)C(OC2OC(CO)C(OC3OC(CO)C(O)C(O)C3O)C(O)C2O)C(O)C1O)C(O)CCCCCCCCCCC. The number of aliphatic hydroxyl groups excluding tert-OH is 11. The predicted octanol–water partition coefficient (Wildman–Crippen LogP) is 4.70. The Morgan fingerprint density at radius 2 is 0.896 bits per heavy atom. The van der Waals surface area contributed by atoms with Gasteiger partial charge >= 0.3 is 0 Å². The van der Waals surface area contributed by atoms with Gasteiger partial charge in [0.2, 0.25) is 5.91 Å². The lowest BCUT2D eigenvalue weighted by atomic mass is 9.96. The minimum absolute atomic E-state index is 0.253. The van der Waals surface area contributed by atoms with Crippen LogP contribution in [-0.4, -0.2) is 193 Å². The molecule has 0 bridgehead atoms. The van der Waals surface area contributed by atoms with Gasteiger partial charge in [-0.15, -0.1) is 0 Å². The summed E-state index contributed by atoms with van der Waals surface area (Å²) >= 11 is 0. The van der Waals surface area contributed by atoms with Gasteiger partial charge in [0.05, 0.1) is 38.6 Å². The lowest BCUT2D eigenvalue weighted by Gasteiger charge is -2.48. The number of carbonyl (C=O) groups excluding carboxylic acids is 1. The maximum absolute atomic E-state index is 13.3. The third-order valence-electron chi connectivity index (χ3n) is 14.7. The van der Waals surface area contributed by atoms with Crippen LogP contribution in [0.25, 0.3) is 0 Å². The van der Waals surface area contributed by atoms with Crippen molar-refractivity contribution in [3.63, 3.8) is 0 Å². The summed E-state index contributed by atoms with van der Waals surface area (Å²) in [5.41, 5.74) is 0. The maximum atomic E-state index is 13.3. The molecule has 17 atom stereocenters. The van der Waals surface area contributed by atoms with Gasteiger partial charge in [0.15, 0.2) is 18.9 Å². The van der Waals surface area contributed by atoms with Crippen LogP contribution in [-0.2, 0) is 33.2 Å². The number of hydrogen-bond acceptors (Lipinski definition) is 18. The van der Waals surface area contributed by atoms with E-state index in [0.29, 0.717) is 12.8 Å². The number of unbranched alkanes of at least 4 members (excludes halogenated alkanes) is 18. The predicted molar refractivity (Wildman–Crippen MR) is 291 cm³/mol. The summed E-state index contributed by atoms with van der Waals surface area (Å²) in [4.78, 5) is 13.3. The second-order valence-corrected chi connectivity index (χ2v) is 21.1. The highest BCUT2D eigenvalue weighted by Gasteiger charge is 2.53. The lowest BCUT2D eigenvalue weighted by Crippen LogP contribution is -2.66. The average Bonchev–Trinajstić information content (AvgIpc) is 3.43. The van der Waals surface area contributed by atoms with E-state index in [1.54, 1.807) is 0 Å². The second kappa shape index (κ2) is 41.7. The van der Waals surface area contributed by atoms with Crippen molar-refractivity contribution in [3.8, 4) is 0 Å². The summed E-state index contributed by atoms with van der Waals surface area (Å²) < 4.78 is 34.2. The van der Waals surface area contributed by atoms with Crippen LogP contribution in [0.1, 0.15) is 181 Å². The monoisotopic (exact) mass is 1100 g/mol. The number of rotatable bonds is 42. The minimum atomic E-state index is -1.97. The van der Waals surface area contributed by atoms with E-state index >= 15 is 0 Å². The van der Waals surface area contributed by atoms with E-state index in [0.717, 1.165) is 83.5 Å². The zero-order chi connectivity index (χ0) is 56.2. The second-order valence-electron chi connectivity index (χ2n) is 21.1. The third kappa shape index (κ3) is 26.0. The summed E-state index contributed by atoms with van der Waals surface area (Å²) in [5, 5.41) is 120. The van der Waals surface area contributed by atoms with Crippen molar-refractivity contribution in [1.29, 1.82) is 0 Å². The Balaban J connectivity index is 1.44. The van der Waals surface area contributed by atoms with Crippen LogP contribution in [0.15, 0.2) is 48.6 Å². The van der Waals surface area contributed by atoms with Gasteiger partial charge in [-0.25, -0.2) is 0 Å². The summed E-state index contributed by atoms with van der Waals surface area (Å²) in [6, 6.07) is -0.888. The van der Waals surface area contributed by atoms with Crippen molar-refractivity contribution in [1.82, 2.24) is 5.32 Å². The van der Waals surface area contributed by atoms with Crippen LogP contribution in [0, 0.1) is 0 Å². The first-order valence-electron chi connectivity index (χ1n) is 29.4. The number of aliphatic hydroxyl groups is 11. The molecule has 1 amide bonds. The molecular weight excluding hydrogens is 999 g/mol. The Labute approximate surface area is 459 Å². The Hall–Kier alpha value is -2.25. The van der Waals surface area contributed by atoms with E-state index in [-0.39, 0.29) is 18.9 Å². The number of hydrogen-bond donors (Lipinski definition) is 12. The molecule has 12 N–H and O–H groups in total. The first-order valence-corrected chi connectivity index (χ1v) is 29.4. The number of allylic oxidation sites excluding steroid dienone is 8. The topological polar surface area (TPSA) is 307 Å². The zero-order valence-corrected chi connectivity index (χ0v) is 46.4. The highest BCUT2D eigenvalue weighted by molar-refractivity contribution is 5.76. The molecule has 77 heavy (non-hydrogen) atoms. The number of ether oxygens (including phenoxy) is 6. The van der Waals surface area contributed by atoms with E-state index in [1.807, 2.05) is 0 Å². The van der Waals surface area contributed by atoms with Gasteiger partial charge in [-0.2, -0.15) is 0 Å². The molecule has 3 aliphatic heterocycles. The summed E-state index contributed by atoms with van der Waals surface area (Å²) in [6.45, 7) is 1.62. The van der Waals surface area contributed by atoms with Gasteiger partial charge in [-0.05, 0) is 51.4 Å². The molecule has 19 heteroatoms. The smallest absolute Gasteiger partial charge is 0.220 e. The van der Waals surface area contributed by atoms with E-state index in [1.165, 1.54) is 64.2 Å². The van der Waals surface area contributed by atoms with Gasteiger partial charge < -0.3 is 89.9 Å². The van der Waals surface area contributed by atoms with Gasteiger partial charge in [0.25, 0.3) is 0 Å². The third-order valence-corrected chi connectivity index (χ3v) is 14.7. The molecule has 0 aromatic heterocycles. The molecule has 3 rings (SSSR count). The standard InChI is InChI=1S/C58H103NO18/c1-3-5-7-9-11-13-14-15-16-17-18-19-20-21-22-23-24-25-26-28-30-32-34-36-46(64)59-41(42(63)35-33-31-29-27-12-10-8-6-4-2)40-72-56-52(70)49(67)54(44(38-61)74-56)77-58-53(71)50(68)55(45(39-62)75-58)76-57-51(69)48(66)47(65)43(37-60)73-57/h5,7,11,13,15-16,18-19,41-45,47-58,60-63,65-71H,3-4,6,8-10,12,14,17,20-40H2,1-2H3,(H,59,64)/b7-5-,13-11-,16-15-,19-18-. The molecule has 0 radical (unpaired) electrons. The molecule has 19 nitrogen and oxygen atoms in total. The maximum Gasteiger partial charge on any atom is 0.220 e. The summed E-state index contributed by atoms with van der Waals surface area (Å²) in [5.74, 6) is -0.253. The molecule has 17 unspecified atom stereocenters. The first kappa shape index (κ1) is 69.0. The molecule has 0 aromatic carbocycles. The quantitative estimate of drug-likeness (QED) is 0.0291. The van der Waals surface area contributed by atoms with Crippen LogP contribution in [0.3, 0.4) is 0 Å². The molecule has 0 spiro atoms. The molecule has 448 valence electrons. The summed E-state index contributed by atoms with van der Waals surface area (Å²) in [7, 11) is 0. The van der Waals surface area contributed by atoms with E-state index in [2.05, 4.69) is 67.8 Å². The van der Waals surface area contributed by atoms with Crippen molar-refractivity contribution in [2.45, 2.75) is 285 Å². The van der Waals surface area contributed by atoms with Crippen LogP contribution in [0.4, 0.5) is 0 Å². The Bertz CT molecular complexity index is 1600. The fraction of sp³-hybridized carbons (Fsp3) is 0.845. The van der Waals surface area contributed by atoms with Crippen LogP contribution in [0.5, 0.6) is 0 Å². The van der Waals surface area contributed by atoms with E-state index < -0.39 is 124 Å². The largest absolute Gasteiger partial charge is 0.394 e. The number of amides is 1. The van der Waals surface area contributed by atoms with Crippen molar-refractivity contribution < 1.29 is 89.4 Å². The Morgan fingerprint density at radius 3 is 1.40 bits per heavy atom. The molecule has 3 saturated heterocycles. The zero-order valence-electron chi connectivity index (χ0n) is 46.4. The molecule has 0 aliphatic carbocycles. The fourth-order valence-corrected chi connectivity index (χ4v) is 9.83. The first-order chi connectivity index (χ1) is 37.3. The number of carbonyl (C=O) groups is 1. The molecule has 3 aliphatic rings. The Kier molecular flexibility index (Phi) is 37.4. The highest BCUT2D eigenvalue weighted by Crippen LogP contribution is 2.33. The van der Waals surface area contributed by atoms with Gasteiger partial charge in [0.1, 0.15) is 73.2 Å². The summed E-state index contributed by atoms with van der Waals surface area (Å²) in [6.07, 6.45) is 17.9. The molecule has 0 saturated carbocycles. The fourth-order valence-electron chi connectivity index (χ4n) is 9.83.